The molecule has 3 aromatic rings. The van der Waals surface area contributed by atoms with E-state index in [-0.39, 0.29) is 0 Å². The molecule has 3 rings (SSSR count). The summed E-state index contributed by atoms with van der Waals surface area (Å²) in [7, 11) is 3.13. The van der Waals surface area contributed by atoms with Crippen molar-refractivity contribution in [3.05, 3.63) is 63.4 Å². The van der Waals surface area contributed by atoms with Crippen molar-refractivity contribution in [3.63, 3.8) is 0 Å². The minimum atomic E-state index is -0.664. The first-order valence-electron chi connectivity index (χ1n) is 8.02. The zero-order valence-corrected chi connectivity index (χ0v) is 16.4. The number of ether oxygens (including phenoxy) is 1. The highest BCUT2D eigenvalue weighted by Crippen LogP contribution is 2.39. The molecule has 1 heterocycles. The van der Waals surface area contributed by atoms with Crippen molar-refractivity contribution in [1.29, 1.82) is 0 Å². The minimum absolute atomic E-state index is 0.333. The Morgan fingerprint density at radius 1 is 1.26 bits per heavy atom. The fourth-order valence-electron chi connectivity index (χ4n) is 2.94. The van der Waals surface area contributed by atoms with Gasteiger partial charge in [-0.1, -0.05) is 41.4 Å². The van der Waals surface area contributed by atoms with E-state index in [9.17, 15) is 4.79 Å². The van der Waals surface area contributed by atoms with Crippen LogP contribution in [0.25, 0.3) is 5.69 Å². The van der Waals surface area contributed by atoms with Gasteiger partial charge < -0.3 is 9.64 Å². The second kappa shape index (κ2) is 7.94. The molecule has 0 spiro atoms. The molecule has 0 saturated heterocycles. The van der Waals surface area contributed by atoms with Crippen LogP contribution in [0.15, 0.2) is 36.4 Å². The summed E-state index contributed by atoms with van der Waals surface area (Å²) in [5, 5.41) is 12.9. The molecule has 2 aromatic carbocycles. The van der Waals surface area contributed by atoms with Gasteiger partial charge in [0.2, 0.25) is 6.41 Å². The van der Waals surface area contributed by atoms with Crippen LogP contribution in [0.1, 0.15) is 23.0 Å². The van der Waals surface area contributed by atoms with Crippen LogP contribution in [0.3, 0.4) is 0 Å². The molecule has 1 atom stereocenters. The Kier molecular flexibility index (Phi) is 5.62. The van der Waals surface area contributed by atoms with Crippen molar-refractivity contribution in [1.82, 2.24) is 25.1 Å². The molecule has 140 valence electrons. The molecule has 0 fully saturated rings. The summed E-state index contributed by atoms with van der Waals surface area (Å²) in [4.78, 5) is 13.1. The van der Waals surface area contributed by atoms with Crippen LogP contribution in [-0.4, -0.2) is 45.7 Å². The third-order valence-corrected chi connectivity index (χ3v) is 4.69. The number of aryl methyl sites for hydroxylation is 1. The van der Waals surface area contributed by atoms with Crippen molar-refractivity contribution in [2.24, 2.45) is 0 Å². The molecule has 7 nitrogen and oxygen atoms in total. The molecule has 0 aliphatic heterocycles. The van der Waals surface area contributed by atoms with Crippen molar-refractivity contribution in [3.8, 4) is 11.4 Å². The van der Waals surface area contributed by atoms with E-state index in [2.05, 4.69) is 15.5 Å². The molecule has 0 unspecified atom stereocenters. The van der Waals surface area contributed by atoms with Gasteiger partial charge >= 0.3 is 0 Å². The molecule has 1 amide bonds. The molecule has 1 aromatic heterocycles. The smallest absolute Gasteiger partial charge is 0.210 e. The first-order chi connectivity index (χ1) is 13.0. The van der Waals surface area contributed by atoms with Crippen LogP contribution >= 0.6 is 23.2 Å². The van der Waals surface area contributed by atoms with Crippen molar-refractivity contribution in [2.75, 3.05) is 14.2 Å². The number of amides is 1. The maximum atomic E-state index is 11.6. The Labute approximate surface area is 166 Å². The van der Waals surface area contributed by atoms with Crippen LogP contribution < -0.4 is 4.74 Å². The fourth-order valence-corrected chi connectivity index (χ4v) is 3.52. The second-order valence-corrected chi connectivity index (χ2v) is 6.76. The van der Waals surface area contributed by atoms with Crippen molar-refractivity contribution in [2.45, 2.75) is 13.0 Å². The normalized spacial score (nSPS) is 11.9. The van der Waals surface area contributed by atoms with Crippen molar-refractivity contribution >= 4 is 29.6 Å². The number of carbonyl (C=O) groups is 1. The first kappa shape index (κ1) is 19.1. The third kappa shape index (κ3) is 3.61. The molecular weight excluding hydrogens is 389 g/mol. The van der Waals surface area contributed by atoms with Gasteiger partial charge in [0.1, 0.15) is 11.8 Å². The van der Waals surface area contributed by atoms with Gasteiger partial charge in [-0.25, -0.2) is 0 Å². The lowest BCUT2D eigenvalue weighted by atomic mass is 10.0. The third-order valence-electron chi connectivity index (χ3n) is 4.19. The number of tetrazole rings is 1. The Morgan fingerprint density at radius 3 is 2.67 bits per heavy atom. The number of para-hydroxylation sites is 1. The van der Waals surface area contributed by atoms with Gasteiger partial charge in [-0.15, -0.1) is 5.10 Å². The number of hydrogen-bond donors (Lipinski definition) is 0. The highest BCUT2D eigenvalue weighted by atomic mass is 35.5. The second-order valence-electron chi connectivity index (χ2n) is 5.92. The molecule has 0 saturated carbocycles. The molecule has 27 heavy (non-hydrogen) atoms. The van der Waals surface area contributed by atoms with Crippen LogP contribution in [0.5, 0.6) is 5.75 Å². The monoisotopic (exact) mass is 405 g/mol. The lowest BCUT2D eigenvalue weighted by molar-refractivity contribution is -0.118. The van der Waals surface area contributed by atoms with Gasteiger partial charge in [0.25, 0.3) is 0 Å². The minimum Gasteiger partial charge on any atom is -0.495 e. The number of aromatic nitrogens is 4. The van der Waals surface area contributed by atoms with E-state index in [0.29, 0.717) is 33.6 Å². The SMILES string of the molecule is COc1c(Cl)cc(Cl)cc1[C@@H](c1nnnn1-c1ccccc1C)N(C)C=O. The van der Waals surface area contributed by atoms with Gasteiger partial charge in [-0.3, -0.25) is 4.79 Å². The maximum Gasteiger partial charge on any atom is 0.210 e. The summed E-state index contributed by atoms with van der Waals surface area (Å²) in [6.07, 6.45) is 0.690. The molecule has 0 aliphatic carbocycles. The lowest BCUT2D eigenvalue weighted by Crippen LogP contribution is -2.27. The quantitative estimate of drug-likeness (QED) is 0.587. The number of halogens is 2. The number of methoxy groups -OCH3 is 1. The van der Waals surface area contributed by atoms with E-state index in [4.69, 9.17) is 27.9 Å². The summed E-state index contributed by atoms with van der Waals surface area (Å²) in [5.74, 6) is 0.828. The molecular formula is C18H17Cl2N5O2. The first-order valence-corrected chi connectivity index (χ1v) is 8.78. The van der Waals surface area contributed by atoms with Gasteiger partial charge in [0.05, 0.1) is 17.8 Å². The van der Waals surface area contributed by atoms with Gasteiger partial charge in [0, 0.05) is 17.6 Å². The molecule has 0 bridgehead atoms. The summed E-state index contributed by atoms with van der Waals surface area (Å²) in [6.45, 7) is 1.95. The summed E-state index contributed by atoms with van der Waals surface area (Å²) < 4.78 is 7.05. The Balaban J connectivity index is 2.25. The average molecular weight is 406 g/mol. The Bertz CT molecular complexity index is 976. The average Bonchev–Trinajstić information content (AvgIpc) is 3.11. The Morgan fingerprint density at radius 2 is 2.00 bits per heavy atom. The van der Waals surface area contributed by atoms with E-state index in [1.54, 1.807) is 23.9 Å². The summed E-state index contributed by atoms with van der Waals surface area (Å²) in [5.41, 5.74) is 2.36. The van der Waals surface area contributed by atoms with Crippen LogP contribution in [0.2, 0.25) is 10.0 Å². The van der Waals surface area contributed by atoms with Gasteiger partial charge in [-0.05, 0) is 41.1 Å². The van der Waals surface area contributed by atoms with E-state index < -0.39 is 6.04 Å². The number of hydrogen-bond acceptors (Lipinski definition) is 5. The molecule has 0 aliphatic rings. The topological polar surface area (TPSA) is 73.1 Å². The zero-order valence-electron chi connectivity index (χ0n) is 14.9. The van der Waals surface area contributed by atoms with E-state index in [1.165, 1.54) is 12.0 Å². The predicted molar refractivity (Wildman–Crippen MR) is 103 cm³/mol. The summed E-state index contributed by atoms with van der Waals surface area (Å²) >= 11 is 12.5. The van der Waals surface area contributed by atoms with E-state index in [1.807, 2.05) is 31.2 Å². The van der Waals surface area contributed by atoms with Crippen LogP contribution in [0, 0.1) is 6.92 Å². The number of nitrogens with zero attached hydrogens (tertiary/aromatic N) is 5. The Hall–Kier alpha value is -2.64. The number of rotatable bonds is 6. The fraction of sp³-hybridized carbons (Fsp3) is 0.222. The zero-order chi connectivity index (χ0) is 19.6. The summed E-state index contributed by atoms with van der Waals surface area (Å²) in [6, 6.07) is 10.3. The van der Waals surface area contributed by atoms with Crippen LogP contribution in [-0.2, 0) is 4.79 Å². The van der Waals surface area contributed by atoms with E-state index >= 15 is 0 Å². The lowest BCUT2D eigenvalue weighted by Gasteiger charge is -2.26. The van der Waals surface area contributed by atoms with Crippen LogP contribution in [0.4, 0.5) is 0 Å². The van der Waals surface area contributed by atoms with E-state index in [0.717, 1.165) is 11.3 Å². The maximum absolute atomic E-state index is 11.6. The highest BCUT2D eigenvalue weighted by Gasteiger charge is 2.30. The predicted octanol–water partition coefficient (Wildman–Crippen LogP) is 3.46. The highest BCUT2D eigenvalue weighted by molar-refractivity contribution is 6.35. The molecule has 0 N–H and O–H groups in total. The van der Waals surface area contributed by atoms with Crippen molar-refractivity contribution < 1.29 is 9.53 Å². The molecule has 0 radical (unpaired) electrons. The van der Waals surface area contributed by atoms with Gasteiger partial charge in [-0.2, -0.15) is 4.68 Å². The number of benzene rings is 2. The largest absolute Gasteiger partial charge is 0.495 e. The standard InChI is InChI=1S/C18H17Cl2N5O2/c1-11-6-4-5-7-15(11)25-18(21-22-23-25)16(24(2)10-26)13-8-12(19)9-14(20)17(13)27-3/h4-10,16H,1-3H3/t16-/m0/s1. The van der Waals surface area contributed by atoms with Gasteiger partial charge in [0.15, 0.2) is 5.82 Å². The number of carbonyl (C=O) groups excluding carboxylic acids is 1. The molecule has 9 heteroatoms.